The number of hydrogen-bond acceptors (Lipinski definition) is 21. The first-order valence-corrected chi connectivity index (χ1v) is 24.7. The highest BCUT2D eigenvalue weighted by Gasteiger charge is 2.43. The Balaban J connectivity index is 1.65. The topological polar surface area (TPSA) is 344 Å². The minimum absolute atomic E-state index is 0.0657. The Bertz CT molecular complexity index is 1400. The molecule has 24 heteroatoms. The third kappa shape index (κ3) is 25.9. The normalized spacial score (nSPS) is 25.7. The zero-order chi connectivity index (χ0) is 51.7. The highest BCUT2D eigenvalue weighted by atomic mass is 16.7. The van der Waals surface area contributed by atoms with Crippen LogP contribution in [0.2, 0.25) is 0 Å². The van der Waals surface area contributed by atoms with Gasteiger partial charge in [-0.25, -0.2) is 0 Å². The first-order valence-electron chi connectivity index (χ1n) is 24.7. The summed E-state index contributed by atoms with van der Waals surface area (Å²) in [5.41, 5.74) is 5.67. The van der Waals surface area contributed by atoms with Gasteiger partial charge in [0, 0.05) is 36.8 Å². The Labute approximate surface area is 412 Å². The van der Waals surface area contributed by atoms with Gasteiger partial charge in [-0.1, -0.05) is 20.3 Å². The predicted molar refractivity (Wildman–Crippen MR) is 249 cm³/mol. The first kappa shape index (κ1) is 63.5. The van der Waals surface area contributed by atoms with E-state index in [0.29, 0.717) is 45.2 Å². The number of rotatable bonds is 41. The van der Waals surface area contributed by atoms with Crippen LogP contribution < -0.4 is 21.7 Å². The molecule has 24 nitrogen and oxygen atoms in total. The number of carbonyl (C=O) groups is 4. The summed E-state index contributed by atoms with van der Waals surface area (Å²) in [5.74, 6) is -2.94. The Morgan fingerprint density at radius 3 is 1.47 bits per heavy atom. The Kier molecular flexibility index (Phi) is 34.5. The average molecular weight is 1020 g/mol. The quantitative estimate of drug-likeness (QED) is 0.0278. The van der Waals surface area contributed by atoms with Gasteiger partial charge in [-0.3, -0.25) is 19.2 Å². The van der Waals surface area contributed by atoms with Gasteiger partial charge in [0.25, 0.3) is 0 Å². The van der Waals surface area contributed by atoms with Crippen molar-refractivity contribution in [3.63, 3.8) is 0 Å². The third-order valence-electron chi connectivity index (χ3n) is 11.6. The summed E-state index contributed by atoms with van der Waals surface area (Å²) in [6.45, 7) is 8.87. The largest absolute Gasteiger partial charge is 0.394 e. The van der Waals surface area contributed by atoms with Crippen LogP contribution in [0.1, 0.15) is 72.6 Å². The number of hydrogen-bond donors (Lipinski definition) is 10. The van der Waals surface area contributed by atoms with E-state index in [1.54, 1.807) is 13.8 Å². The summed E-state index contributed by atoms with van der Waals surface area (Å²) >= 11 is 0. The van der Waals surface area contributed by atoms with Gasteiger partial charge in [0.2, 0.25) is 17.7 Å². The molecule has 2 rings (SSSR count). The van der Waals surface area contributed by atoms with Crippen molar-refractivity contribution in [2.45, 2.75) is 134 Å². The van der Waals surface area contributed by atoms with Gasteiger partial charge < -0.3 is 99.7 Å². The SMILES string of the molecule is CC(C)NC(=O)C(CCCCN)CC(=O)C(CCCCNC(=O)COCCOCCOCCO[C@@H]1OC(CO)[C@H](O)C(O)[C@@H]1C)NC(=O)COCCOCCOCCO[C@@H]1OC(CO)[C@H](O)C(O)[C@@H]1C. The maximum absolute atomic E-state index is 13.7. The van der Waals surface area contributed by atoms with Crippen molar-refractivity contribution in [1.29, 1.82) is 0 Å². The zero-order valence-corrected chi connectivity index (χ0v) is 41.7. The number of Topliss-reactive ketones (excluding diaryl/α,β-unsaturated/α-hetero) is 1. The fraction of sp³-hybridized carbons (Fsp3) is 0.913. The molecule has 0 saturated carbocycles. The molecule has 0 aromatic heterocycles. The van der Waals surface area contributed by atoms with Crippen molar-refractivity contribution in [1.82, 2.24) is 16.0 Å². The number of nitrogens with two attached hydrogens (primary N) is 1. The molecule has 70 heavy (non-hydrogen) atoms. The van der Waals surface area contributed by atoms with Crippen molar-refractivity contribution in [2.24, 2.45) is 23.5 Å². The molecule has 6 unspecified atom stereocenters. The van der Waals surface area contributed by atoms with Gasteiger partial charge in [0.15, 0.2) is 18.4 Å². The molecule has 0 bridgehead atoms. The molecule has 0 spiro atoms. The van der Waals surface area contributed by atoms with Crippen molar-refractivity contribution >= 4 is 23.5 Å². The lowest BCUT2D eigenvalue weighted by atomic mass is 9.91. The van der Waals surface area contributed by atoms with E-state index >= 15 is 0 Å². The highest BCUT2D eigenvalue weighted by molar-refractivity contribution is 5.92. The van der Waals surface area contributed by atoms with Gasteiger partial charge >= 0.3 is 0 Å². The number of nitrogens with one attached hydrogen (secondary N) is 3. The van der Waals surface area contributed by atoms with E-state index in [1.807, 2.05) is 13.8 Å². The minimum Gasteiger partial charge on any atom is -0.394 e. The second-order valence-corrected chi connectivity index (χ2v) is 17.7. The first-order chi connectivity index (χ1) is 33.6. The maximum Gasteiger partial charge on any atom is 0.246 e. The molecule has 0 radical (unpaired) electrons. The van der Waals surface area contributed by atoms with Crippen molar-refractivity contribution < 1.29 is 97.2 Å². The van der Waals surface area contributed by atoms with E-state index in [9.17, 15) is 49.8 Å². The Morgan fingerprint density at radius 2 is 1.01 bits per heavy atom. The third-order valence-corrected chi connectivity index (χ3v) is 11.6. The molecule has 12 atom stereocenters. The smallest absolute Gasteiger partial charge is 0.246 e. The van der Waals surface area contributed by atoms with Crippen LogP contribution >= 0.6 is 0 Å². The van der Waals surface area contributed by atoms with E-state index in [-0.39, 0.29) is 129 Å². The fourth-order valence-corrected chi connectivity index (χ4v) is 7.43. The summed E-state index contributed by atoms with van der Waals surface area (Å²) in [6.07, 6.45) is -5.03. The molecule has 0 aliphatic carbocycles. The maximum atomic E-state index is 13.7. The lowest BCUT2D eigenvalue weighted by Crippen LogP contribution is -2.55. The van der Waals surface area contributed by atoms with E-state index in [0.717, 1.165) is 0 Å². The number of ketones is 1. The van der Waals surface area contributed by atoms with Crippen LogP contribution in [0, 0.1) is 17.8 Å². The number of amides is 3. The fourth-order valence-electron chi connectivity index (χ4n) is 7.43. The van der Waals surface area contributed by atoms with E-state index in [4.69, 9.17) is 53.1 Å². The molecule has 2 saturated heterocycles. The van der Waals surface area contributed by atoms with Crippen LogP contribution in [0.15, 0.2) is 0 Å². The monoisotopic (exact) mass is 1010 g/mol. The molecule has 11 N–H and O–H groups in total. The van der Waals surface area contributed by atoms with Gasteiger partial charge in [-0.2, -0.15) is 0 Å². The predicted octanol–water partition coefficient (Wildman–Crippen LogP) is -2.73. The van der Waals surface area contributed by atoms with E-state index in [1.165, 1.54) is 0 Å². The van der Waals surface area contributed by atoms with Crippen LogP contribution in [0.3, 0.4) is 0 Å². The highest BCUT2D eigenvalue weighted by Crippen LogP contribution is 2.28. The summed E-state index contributed by atoms with van der Waals surface area (Å²) in [5, 5.41) is 67.3. The minimum atomic E-state index is -1.21. The van der Waals surface area contributed by atoms with Crippen LogP contribution in [0.4, 0.5) is 0 Å². The molecule has 0 aromatic carbocycles. The molecule has 3 amide bonds. The molecule has 2 fully saturated rings. The average Bonchev–Trinajstić information content (AvgIpc) is 3.33. The number of aliphatic hydroxyl groups excluding tert-OH is 6. The molecular weight excluding hydrogens is 929 g/mol. The van der Waals surface area contributed by atoms with Crippen molar-refractivity contribution in [2.75, 3.05) is 119 Å². The van der Waals surface area contributed by atoms with E-state index < -0.39 is 92.1 Å². The zero-order valence-electron chi connectivity index (χ0n) is 41.7. The summed E-state index contributed by atoms with van der Waals surface area (Å²) in [4.78, 5) is 52.0. The number of unbranched alkanes of at least 4 members (excludes halogenated alkanes) is 2. The number of ether oxygens (including phenoxy) is 10. The van der Waals surface area contributed by atoms with Crippen LogP contribution in [0.5, 0.6) is 0 Å². The molecule has 2 aliphatic heterocycles. The molecule has 2 heterocycles. The Morgan fingerprint density at radius 1 is 0.571 bits per heavy atom. The molecule has 410 valence electrons. The second kappa shape index (κ2) is 38.0. The summed E-state index contributed by atoms with van der Waals surface area (Å²) in [7, 11) is 0. The molecule has 2 aliphatic rings. The summed E-state index contributed by atoms with van der Waals surface area (Å²) < 4.78 is 55.1. The lowest BCUT2D eigenvalue weighted by molar-refractivity contribution is -0.284. The van der Waals surface area contributed by atoms with Crippen molar-refractivity contribution in [3.05, 3.63) is 0 Å². The van der Waals surface area contributed by atoms with Crippen LogP contribution in [-0.2, 0) is 66.5 Å². The van der Waals surface area contributed by atoms with Gasteiger partial charge in [-0.15, -0.1) is 0 Å². The Hall–Kier alpha value is -2.60. The lowest BCUT2D eigenvalue weighted by Gasteiger charge is -2.40. The number of aliphatic hydroxyl groups is 6. The van der Waals surface area contributed by atoms with Gasteiger partial charge in [0.05, 0.1) is 111 Å². The van der Waals surface area contributed by atoms with Gasteiger partial charge in [0.1, 0.15) is 37.6 Å². The standard InChI is InChI=1S/C46H86N4O20/c1-30(2)49-44(60)33(9-5-7-11-47)25-35(53)34(50-39(55)29-66-20-18-62-14-16-64-22-24-68-46-32(4)41(57)43(59)37(27-52)70-46)10-6-8-12-48-38(54)28-65-19-17-61-13-15-63-21-23-67-45-31(3)40(56)42(58)36(26-51)69-45/h30-34,36-37,40-43,45-46,51-52,56-59H,5-29,47H2,1-4H3,(H,48,54)(H,49,60)(H,50,55)/t31-,32-,33?,34?,36?,37?,40?,41?,42-,43-,45+,46+/m0/s1. The molecule has 0 aromatic rings. The second-order valence-electron chi connectivity index (χ2n) is 17.7. The van der Waals surface area contributed by atoms with E-state index in [2.05, 4.69) is 16.0 Å². The molecular formula is C46H86N4O20. The summed E-state index contributed by atoms with van der Waals surface area (Å²) in [6, 6.07) is -1.00. The number of carbonyl (C=O) groups excluding carboxylic acids is 4. The van der Waals surface area contributed by atoms with Crippen LogP contribution in [0.25, 0.3) is 0 Å². The van der Waals surface area contributed by atoms with Gasteiger partial charge in [-0.05, 0) is 52.5 Å². The van der Waals surface area contributed by atoms with Crippen LogP contribution in [-0.4, -0.2) is 234 Å². The van der Waals surface area contributed by atoms with Crippen molar-refractivity contribution in [3.8, 4) is 0 Å².